The van der Waals surface area contributed by atoms with Crippen LogP contribution < -0.4 is 14.8 Å². The molecule has 0 radical (unpaired) electrons. The largest absolute Gasteiger partial charge is 0.497 e. The van der Waals surface area contributed by atoms with Crippen molar-refractivity contribution in [1.29, 1.82) is 0 Å². The number of hydrogen-bond acceptors (Lipinski definition) is 5. The number of aryl methyl sites for hydroxylation is 2. The fourth-order valence-electron chi connectivity index (χ4n) is 4.70. The van der Waals surface area contributed by atoms with Crippen LogP contribution in [0.25, 0.3) is 0 Å². The Balaban J connectivity index is 1.50. The molecule has 1 aromatic carbocycles. The van der Waals surface area contributed by atoms with Crippen LogP contribution in [0.15, 0.2) is 48.8 Å². The molecule has 6 heteroatoms. The predicted octanol–water partition coefficient (Wildman–Crippen LogP) is 4.92. The molecule has 0 aliphatic heterocycles. The number of benzene rings is 1. The molecule has 0 atom stereocenters. The third-order valence-electron chi connectivity index (χ3n) is 6.42. The highest BCUT2D eigenvalue weighted by atomic mass is 16.5. The maximum absolute atomic E-state index is 6.12. The van der Waals surface area contributed by atoms with E-state index in [1.54, 1.807) is 24.2 Å². The number of nitrogens with zero attached hydrogens (tertiary/aromatic N) is 3. The van der Waals surface area contributed by atoms with Crippen molar-refractivity contribution in [3.8, 4) is 17.4 Å². The lowest BCUT2D eigenvalue weighted by atomic mass is 9.69. The van der Waals surface area contributed by atoms with E-state index in [-0.39, 0.29) is 5.41 Å². The van der Waals surface area contributed by atoms with Gasteiger partial charge in [0.05, 0.1) is 24.6 Å². The SMILES string of the molecule is COc1ccc(C2(CNCc3c(C)nn(C)c3Oc3cccnc3)CCCCC2)cc1. The normalized spacial score (nSPS) is 15.6. The van der Waals surface area contributed by atoms with Gasteiger partial charge in [0.15, 0.2) is 0 Å². The lowest BCUT2D eigenvalue weighted by Crippen LogP contribution is -2.39. The van der Waals surface area contributed by atoms with Gasteiger partial charge in [-0.05, 0) is 49.6 Å². The molecule has 1 aliphatic carbocycles. The van der Waals surface area contributed by atoms with Crippen LogP contribution in [0, 0.1) is 6.92 Å². The molecule has 0 amide bonds. The van der Waals surface area contributed by atoms with Gasteiger partial charge in [-0.3, -0.25) is 4.98 Å². The summed E-state index contributed by atoms with van der Waals surface area (Å²) in [5.74, 6) is 2.39. The Morgan fingerprint density at radius 2 is 1.84 bits per heavy atom. The number of nitrogens with one attached hydrogen (secondary N) is 1. The second kappa shape index (κ2) is 9.52. The average Bonchev–Trinajstić information content (AvgIpc) is 3.07. The molecular weight excluding hydrogens is 388 g/mol. The zero-order valence-corrected chi connectivity index (χ0v) is 18.7. The fourth-order valence-corrected chi connectivity index (χ4v) is 4.70. The highest BCUT2D eigenvalue weighted by molar-refractivity contribution is 5.36. The van der Waals surface area contributed by atoms with Crippen LogP contribution in [0.5, 0.6) is 17.4 Å². The van der Waals surface area contributed by atoms with Crippen molar-refractivity contribution in [3.05, 3.63) is 65.6 Å². The molecule has 1 saturated carbocycles. The van der Waals surface area contributed by atoms with E-state index in [2.05, 4.69) is 39.7 Å². The Morgan fingerprint density at radius 3 is 2.52 bits per heavy atom. The minimum Gasteiger partial charge on any atom is -0.497 e. The number of ether oxygens (including phenoxy) is 2. The van der Waals surface area contributed by atoms with Gasteiger partial charge in [0.2, 0.25) is 5.88 Å². The van der Waals surface area contributed by atoms with E-state index in [9.17, 15) is 0 Å². The van der Waals surface area contributed by atoms with Gasteiger partial charge in [0.1, 0.15) is 11.5 Å². The van der Waals surface area contributed by atoms with E-state index in [4.69, 9.17) is 9.47 Å². The minimum atomic E-state index is 0.158. The lowest BCUT2D eigenvalue weighted by molar-refractivity contribution is 0.278. The van der Waals surface area contributed by atoms with E-state index in [1.165, 1.54) is 37.7 Å². The number of pyridine rings is 1. The first-order valence-electron chi connectivity index (χ1n) is 11.1. The van der Waals surface area contributed by atoms with Gasteiger partial charge in [-0.2, -0.15) is 5.10 Å². The standard InChI is InChI=1S/C25H32N4O2/c1-19-23(24(29(2)28-19)31-22-8-7-15-26-16-22)17-27-18-25(13-5-4-6-14-25)20-9-11-21(30-3)12-10-20/h7-12,15-16,27H,4-6,13-14,17-18H2,1-3H3. The number of methoxy groups -OCH3 is 1. The van der Waals surface area contributed by atoms with E-state index < -0.39 is 0 Å². The zero-order valence-electron chi connectivity index (χ0n) is 18.7. The smallest absolute Gasteiger partial charge is 0.222 e. The van der Waals surface area contributed by atoms with Crippen molar-refractivity contribution >= 4 is 0 Å². The summed E-state index contributed by atoms with van der Waals surface area (Å²) in [4.78, 5) is 4.15. The van der Waals surface area contributed by atoms with Crippen LogP contribution in [0.3, 0.4) is 0 Å². The molecule has 0 saturated heterocycles. The van der Waals surface area contributed by atoms with E-state index in [0.29, 0.717) is 12.3 Å². The minimum absolute atomic E-state index is 0.158. The first-order valence-corrected chi connectivity index (χ1v) is 11.1. The lowest BCUT2D eigenvalue weighted by Gasteiger charge is -2.38. The van der Waals surface area contributed by atoms with E-state index in [1.807, 2.05) is 26.1 Å². The van der Waals surface area contributed by atoms with Crippen molar-refractivity contribution in [2.75, 3.05) is 13.7 Å². The Morgan fingerprint density at radius 1 is 1.06 bits per heavy atom. The summed E-state index contributed by atoms with van der Waals surface area (Å²) in [5, 5.41) is 8.32. The number of rotatable bonds is 8. The van der Waals surface area contributed by atoms with E-state index >= 15 is 0 Å². The van der Waals surface area contributed by atoms with Crippen LogP contribution in [0.2, 0.25) is 0 Å². The molecule has 1 aliphatic rings. The monoisotopic (exact) mass is 420 g/mol. The van der Waals surface area contributed by atoms with Crippen LogP contribution in [-0.2, 0) is 19.0 Å². The van der Waals surface area contributed by atoms with Gasteiger partial charge >= 0.3 is 0 Å². The third kappa shape index (κ3) is 4.74. The van der Waals surface area contributed by atoms with Gasteiger partial charge in [0.25, 0.3) is 0 Å². The van der Waals surface area contributed by atoms with Gasteiger partial charge in [0, 0.05) is 31.7 Å². The summed E-state index contributed by atoms with van der Waals surface area (Å²) in [7, 11) is 3.64. The van der Waals surface area contributed by atoms with Crippen LogP contribution in [-0.4, -0.2) is 28.4 Å². The molecule has 3 aromatic rings. The maximum atomic E-state index is 6.12. The van der Waals surface area contributed by atoms with Crippen molar-refractivity contribution in [1.82, 2.24) is 20.1 Å². The van der Waals surface area contributed by atoms with Crippen molar-refractivity contribution in [2.45, 2.75) is 51.0 Å². The molecular formula is C25H32N4O2. The molecule has 0 spiro atoms. The molecule has 0 unspecified atom stereocenters. The predicted molar refractivity (Wildman–Crippen MR) is 122 cm³/mol. The van der Waals surface area contributed by atoms with Crippen molar-refractivity contribution in [3.63, 3.8) is 0 Å². The summed E-state index contributed by atoms with van der Waals surface area (Å²) < 4.78 is 13.3. The first-order chi connectivity index (χ1) is 15.1. The molecule has 164 valence electrons. The molecule has 1 N–H and O–H groups in total. The van der Waals surface area contributed by atoms with Gasteiger partial charge in [-0.1, -0.05) is 31.4 Å². The molecule has 2 heterocycles. The summed E-state index contributed by atoms with van der Waals surface area (Å²) in [6, 6.07) is 12.4. The Labute approximate surface area is 184 Å². The summed E-state index contributed by atoms with van der Waals surface area (Å²) in [5.41, 5.74) is 3.63. The Hall–Kier alpha value is -2.86. The zero-order chi connectivity index (χ0) is 21.7. The first kappa shape index (κ1) is 21.4. The molecule has 1 fully saturated rings. The summed E-state index contributed by atoms with van der Waals surface area (Å²) in [6.45, 7) is 3.68. The maximum Gasteiger partial charge on any atom is 0.222 e. The van der Waals surface area contributed by atoms with Gasteiger partial charge in [-0.15, -0.1) is 0 Å². The molecule has 2 aromatic heterocycles. The summed E-state index contributed by atoms with van der Waals surface area (Å²) in [6.07, 6.45) is 9.74. The average molecular weight is 421 g/mol. The molecule has 31 heavy (non-hydrogen) atoms. The number of hydrogen-bond donors (Lipinski definition) is 1. The van der Waals surface area contributed by atoms with Gasteiger partial charge < -0.3 is 14.8 Å². The highest BCUT2D eigenvalue weighted by Crippen LogP contribution is 2.39. The second-order valence-corrected chi connectivity index (χ2v) is 8.46. The molecule has 6 nitrogen and oxygen atoms in total. The third-order valence-corrected chi connectivity index (χ3v) is 6.42. The van der Waals surface area contributed by atoms with Crippen LogP contribution in [0.1, 0.15) is 48.9 Å². The van der Waals surface area contributed by atoms with E-state index in [0.717, 1.165) is 29.4 Å². The van der Waals surface area contributed by atoms with Crippen LogP contribution >= 0.6 is 0 Å². The molecule has 4 rings (SSSR count). The van der Waals surface area contributed by atoms with Crippen LogP contribution in [0.4, 0.5) is 0 Å². The Kier molecular flexibility index (Phi) is 6.56. The highest BCUT2D eigenvalue weighted by Gasteiger charge is 2.33. The van der Waals surface area contributed by atoms with Gasteiger partial charge in [-0.25, -0.2) is 4.68 Å². The van der Waals surface area contributed by atoms with Crippen molar-refractivity contribution in [2.24, 2.45) is 7.05 Å². The quantitative estimate of drug-likeness (QED) is 0.561. The number of aromatic nitrogens is 3. The Bertz CT molecular complexity index is 977. The van der Waals surface area contributed by atoms with Crippen molar-refractivity contribution < 1.29 is 9.47 Å². The summed E-state index contributed by atoms with van der Waals surface area (Å²) >= 11 is 0. The topological polar surface area (TPSA) is 61.2 Å². The second-order valence-electron chi connectivity index (χ2n) is 8.46. The molecule has 0 bridgehead atoms. The fraction of sp³-hybridized carbons (Fsp3) is 0.440.